The van der Waals surface area contributed by atoms with Crippen molar-refractivity contribution in [2.45, 2.75) is 33.6 Å². The quantitative estimate of drug-likeness (QED) is 0.367. The normalized spacial score (nSPS) is 10.9. The molecule has 2 aromatic carbocycles. The lowest BCUT2D eigenvalue weighted by molar-refractivity contribution is -0.116. The van der Waals surface area contributed by atoms with Gasteiger partial charge in [-0.15, -0.1) is 0 Å². The Hall–Kier alpha value is -4.07. The van der Waals surface area contributed by atoms with Crippen LogP contribution >= 0.6 is 0 Å². The Balaban J connectivity index is 1.54. The molecule has 4 rings (SSSR count). The van der Waals surface area contributed by atoms with Gasteiger partial charge in [-0.3, -0.25) is 4.79 Å². The van der Waals surface area contributed by atoms with Crippen molar-refractivity contribution in [1.29, 1.82) is 0 Å². The van der Waals surface area contributed by atoms with E-state index in [9.17, 15) is 4.79 Å². The van der Waals surface area contributed by atoms with Gasteiger partial charge in [-0.1, -0.05) is 6.07 Å². The summed E-state index contributed by atoms with van der Waals surface area (Å²) in [6, 6.07) is 15.0. The topological polar surface area (TPSA) is 87.0 Å². The first-order valence-electron chi connectivity index (χ1n) is 11.5. The van der Waals surface area contributed by atoms with Crippen molar-refractivity contribution in [3.05, 3.63) is 65.5 Å². The Morgan fingerprint density at radius 1 is 1.00 bits per heavy atom. The second kappa shape index (κ2) is 10.5. The molecule has 8 heteroatoms. The summed E-state index contributed by atoms with van der Waals surface area (Å²) in [4.78, 5) is 17.4. The highest BCUT2D eigenvalue weighted by molar-refractivity contribution is 5.91. The highest BCUT2D eigenvalue weighted by atomic mass is 16.5. The van der Waals surface area contributed by atoms with E-state index in [4.69, 9.17) is 24.3 Å². The number of anilines is 1. The van der Waals surface area contributed by atoms with Crippen LogP contribution in [0.1, 0.15) is 30.3 Å². The number of hydrogen-bond donors (Lipinski definition) is 1. The van der Waals surface area contributed by atoms with Gasteiger partial charge in [0, 0.05) is 47.3 Å². The zero-order chi connectivity index (χ0) is 24.9. The fourth-order valence-corrected chi connectivity index (χ4v) is 4.08. The van der Waals surface area contributed by atoms with Gasteiger partial charge >= 0.3 is 0 Å². The van der Waals surface area contributed by atoms with Crippen molar-refractivity contribution in [3.63, 3.8) is 0 Å². The number of fused-ring (bicyclic) bond motifs is 1. The Morgan fingerprint density at radius 3 is 2.43 bits per heavy atom. The summed E-state index contributed by atoms with van der Waals surface area (Å²) in [5.41, 5.74) is 5.95. The van der Waals surface area contributed by atoms with Crippen molar-refractivity contribution < 1.29 is 19.0 Å². The second-order valence-corrected chi connectivity index (χ2v) is 8.17. The molecule has 1 amide bonds. The Kier molecular flexibility index (Phi) is 7.19. The molecule has 182 valence electrons. The summed E-state index contributed by atoms with van der Waals surface area (Å²) in [6.07, 6.45) is 0.884. The van der Waals surface area contributed by atoms with Gasteiger partial charge in [0.05, 0.1) is 26.5 Å². The minimum atomic E-state index is -0.0674. The van der Waals surface area contributed by atoms with Crippen LogP contribution in [0.2, 0.25) is 0 Å². The van der Waals surface area contributed by atoms with Gasteiger partial charge in [0.25, 0.3) is 0 Å². The number of rotatable bonds is 9. The number of aryl methyl sites for hydroxylation is 2. The lowest BCUT2D eigenvalue weighted by atomic mass is 10.1. The van der Waals surface area contributed by atoms with E-state index in [1.54, 1.807) is 14.2 Å². The average molecular weight is 475 g/mol. The van der Waals surface area contributed by atoms with Crippen LogP contribution in [0.4, 0.5) is 5.69 Å². The maximum Gasteiger partial charge on any atom is 0.224 e. The Labute approximate surface area is 204 Å². The molecule has 2 aromatic heterocycles. The average Bonchev–Trinajstić information content (AvgIpc) is 3.28. The number of hydrogen-bond acceptors (Lipinski definition) is 6. The number of nitrogens with zero attached hydrogens (tertiary/aromatic N) is 3. The van der Waals surface area contributed by atoms with E-state index in [-0.39, 0.29) is 5.91 Å². The second-order valence-electron chi connectivity index (χ2n) is 8.17. The molecule has 0 saturated heterocycles. The molecule has 4 aromatic rings. The van der Waals surface area contributed by atoms with Crippen molar-refractivity contribution in [2.75, 3.05) is 26.1 Å². The molecule has 0 aliphatic carbocycles. The van der Waals surface area contributed by atoms with E-state index in [0.717, 1.165) is 39.6 Å². The molecular weight excluding hydrogens is 444 g/mol. The van der Waals surface area contributed by atoms with Crippen LogP contribution in [0.15, 0.2) is 48.5 Å². The number of aromatic nitrogens is 3. The molecule has 0 radical (unpaired) electrons. The monoisotopic (exact) mass is 474 g/mol. The molecule has 1 N–H and O–H groups in total. The van der Waals surface area contributed by atoms with Crippen LogP contribution in [0.3, 0.4) is 0 Å². The maximum absolute atomic E-state index is 12.6. The van der Waals surface area contributed by atoms with Crippen molar-refractivity contribution in [3.8, 4) is 28.5 Å². The highest BCUT2D eigenvalue weighted by Gasteiger charge is 2.15. The molecule has 2 heterocycles. The number of benzene rings is 2. The van der Waals surface area contributed by atoms with Gasteiger partial charge in [0.1, 0.15) is 17.2 Å². The maximum atomic E-state index is 12.6. The van der Waals surface area contributed by atoms with Crippen molar-refractivity contribution in [1.82, 2.24) is 14.6 Å². The molecule has 0 fully saturated rings. The zero-order valence-corrected chi connectivity index (χ0v) is 20.7. The van der Waals surface area contributed by atoms with Gasteiger partial charge in [0.2, 0.25) is 5.91 Å². The van der Waals surface area contributed by atoms with Gasteiger partial charge in [-0.2, -0.15) is 5.10 Å². The van der Waals surface area contributed by atoms with E-state index in [1.807, 2.05) is 73.8 Å². The number of ether oxygens (including phenoxy) is 3. The molecule has 8 nitrogen and oxygen atoms in total. The fourth-order valence-electron chi connectivity index (χ4n) is 4.08. The smallest absolute Gasteiger partial charge is 0.224 e. The number of methoxy groups -OCH3 is 2. The summed E-state index contributed by atoms with van der Waals surface area (Å²) in [6.45, 7) is 6.47. The van der Waals surface area contributed by atoms with Crippen LogP contribution in [-0.2, 0) is 11.2 Å². The minimum absolute atomic E-state index is 0.0674. The lowest BCUT2D eigenvalue weighted by Crippen LogP contribution is -2.14. The summed E-state index contributed by atoms with van der Waals surface area (Å²) < 4.78 is 18.1. The third-order valence-electron chi connectivity index (χ3n) is 5.84. The zero-order valence-electron chi connectivity index (χ0n) is 20.7. The number of nitrogens with one attached hydrogen (secondary N) is 1. The molecule has 0 unspecified atom stereocenters. The molecule has 0 aliphatic rings. The summed E-state index contributed by atoms with van der Waals surface area (Å²) in [5, 5.41) is 7.73. The van der Waals surface area contributed by atoms with Gasteiger partial charge in [0.15, 0.2) is 5.65 Å². The third-order valence-corrected chi connectivity index (χ3v) is 5.84. The van der Waals surface area contributed by atoms with E-state index < -0.39 is 0 Å². The first kappa shape index (κ1) is 24.1. The van der Waals surface area contributed by atoms with E-state index in [2.05, 4.69) is 5.32 Å². The number of carbonyl (C=O) groups excluding carboxylic acids is 1. The van der Waals surface area contributed by atoms with E-state index in [0.29, 0.717) is 36.6 Å². The number of carbonyl (C=O) groups is 1. The van der Waals surface area contributed by atoms with E-state index in [1.165, 1.54) is 0 Å². The molecule has 0 bridgehead atoms. The summed E-state index contributed by atoms with van der Waals surface area (Å²) >= 11 is 0. The lowest BCUT2D eigenvalue weighted by Gasteiger charge is -2.11. The van der Waals surface area contributed by atoms with Gasteiger partial charge in [-0.05, 0) is 57.0 Å². The van der Waals surface area contributed by atoms with Crippen LogP contribution in [0, 0.1) is 13.8 Å². The first-order chi connectivity index (χ1) is 16.9. The molecule has 35 heavy (non-hydrogen) atoms. The standard InChI is InChI=1S/C27H30N4O4/c1-6-35-21-9-7-8-20(14-21)29-27(32)11-10-24-17(2)28-26-16-25(30-31(26)18(24)3)19-12-22(33-4)15-23(13-19)34-5/h7-9,12-16H,6,10-11H2,1-5H3,(H,29,32). The van der Waals surface area contributed by atoms with Gasteiger partial charge < -0.3 is 19.5 Å². The van der Waals surface area contributed by atoms with Crippen LogP contribution in [0.25, 0.3) is 16.9 Å². The highest BCUT2D eigenvalue weighted by Crippen LogP contribution is 2.30. The third kappa shape index (κ3) is 5.37. The molecule has 0 spiro atoms. The SMILES string of the molecule is CCOc1cccc(NC(=O)CCc2c(C)nc3cc(-c4cc(OC)cc(OC)c4)nn3c2C)c1. The Bertz CT molecular complexity index is 1340. The largest absolute Gasteiger partial charge is 0.497 e. The van der Waals surface area contributed by atoms with Crippen LogP contribution < -0.4 is 19.5 Å². The fraction of sp³-hybridized carbons (Fsp3) is 0.296. The predicted molar refractivity (Wildman–Crippen MR) is 136 cm³/mol. The molecule has 0 saturated carbocycles. The number of amides is 1. The molecular formula is C27H30N4O4. The van der Waals surface area contributed by atoms with Gasteiger partial charge in [-0.25, -0.2) is 9.50 Å². The minimum Gasteiger partial charge on any atom is -0.497 e. The van der Waals surface area contributed by atoms with Crippen molar-refractivity contribution >= 4 is 17.2 Å². The first-order valence-corrected chi connectivity index (χ1v) is 11.5. The molecule has 0 aliphatic heterocycles. The van der Waals surface area contributed by atoms with Crippen LogP contribution in [-0.4, -0.2) is 41.3 Å². The summed E-state index contributed by atoms with van der Waals surface area (Å²) in [7, 11) is 3.24. The predicted octanol–water partition coefficient (Wildman–Crippen LogP) is 5.00. The van der Waals surface area contributed by atoms with Crippen LogP contribution in [0.5, 0.6) is 17.2 Å². The Morgan fingerprint density at radius 2 is 1.74 bits per heavy atom. The summed E-state index contributed by atoms with van der Waals surface area (Å²) in [5.74, 6) is 2.04. The van der Waals surface area contributed by atoms with E-state index >= 15 is 0 Å². The molecule has 0 atom stereocenters. The van der Waals surface area contributed by atoms with Crippen molar-refractivity contribution in [2.24, 2.45) is 0 Å².